The van der Waals surface area contributed by atoms with Crippen LogP contribution >= 0.6 is 0 Å². The molecule has 1 aromatic carbocycles. The maximum atomic E-state index is 12.4. The highest BCUT2D eigenvalue weighted by atomic mass is 16.2. The summed E-state index contributed by atoms with van der Waals surface area (Å²) in [5.41, 5.74) is 2.46. The summed E-state index contributed by atoms with van der Waals surface area (Å²) in [5.74, 6) is -0.802. The Kier molecular flexibility index (Phi) is 5.86. The lowest BCUT2D eigenvalue weighted by Gasteiger charge is -2.08. The van der Waals surface area contributed by atoms with E-state index < -0.39 is 5.91 Å². The van der Waals surface area contributed by atoms with E-state index in [1.165, 1.54) is 19.2 Å². The van der Waals surface area contributed by atoms with Gasteiger partial charge < -0.3 is 10.6 Å². The molecular formula is C21H18N4O3. The quantitative estimate of drug-likeness (QED) is 0.646. The molecule has 0 bridgehead atoms. The summed E-state index contributed by atoms with van der Waals surface area (Å²) in [6.45, 7) is 1.83. The van der Waals surface area contributed by atoms with E-state index in [2.05, 4.69) is 20.6 Å². The van der Waals surface area contributed by atoms with E-state index in [-0.39, 0.29) is 17.4 Å². The van der Waals surface area contributed by atoms with Crippen LogP contribution < -0.4 is 10.6 Å². The highest BCUT2D eigenvalue weighted by Crippen LogP contribution is 2.12. The second-order valence-corrected chi connectivity index (χ2v) is 6.06. The number of hydrogen-bond donors (Lipinski definition) is 2. The largest absolute Gasteiger partial charge is 0.348 e. The third-order valence-electron chi connectivity index (χ3n) is 4.01. The Hall–Kier alpha value is -3.87. The Morgan fingerprint density at radius 3 is 2.25 bits per heavy atom. The molecule has 0 radical (unpaired) electrons. The summed E-state index contributed by atoms with van der Waals surface area (Å²) in [6, 6.07) is 13.1. The van der Waals surface area contributed by atoms with Crippen molar-refractivity contribution in [1.29, 1.82) is 0 Å². The molecule has 2 aromatic heterocycles. The van der Waals surface area contributed by atoms with Crippen LogP contribution in [0, 0.1) is 0 Å². The van der Waals surface area contributed by atoms with Crippen LogP contribution in [0.4, 0.5) is 5.69 Å². The van der Waals surface area contributed by atoms with E-state index in [1.807, 2.05) is 12.1 Å². The molecule has 7 heteroatoms. The first-order valence-corrected chi connectivity index (χ1v) is 8.58. The molecule has 0 saturated carbocycles. The van der Waals surface area contributed by atoms with Crippen molar-refractivity contribution >= 4 is 23.3 Å². The fourth-order valence-electron chi connectivity index (χ4n) is 2.46. The van der Waals surface area contributed by atoms with Crippen molar-refractivity contribution in [1.82, 2.24) is 15.3 Å². The minimum absolute atomic E-state index is 0.0509. The number of anilines is 1. The monoisotopic (exact) mass is 374 g/mol. The molecule has 2 N–H and O–H groups in total. The number of nitrogens with zero attached hydrogens (tertiary/aromatic N) is 2. The summed E-state index contributed by atoms with van der Waals surface area (Å²) in [7, 11) is 0. The zero-order valence-corrected chi connectivity index (χ0v) is 15.2. The van der Waals surface area contributed by atoms with Crippen LogP contribution in [0.15, 0.2) is 67.1 Å². The molecule has 0 fully saturated rings. The van der Waals surface area contributed by atoms with Crippen LogP contribution in [0.5, 0.6) is 0 Å². The van der Waals surface area contributed by atoms with Crippen LogP contribution in [-0.4, -0.2) is 27.6 Å². The van der Waals surface area contributed by atoms with Crippen LogP contribution in [-0.2, 0) is 6.54 Å². The number of pyridine rings is 2. The van der Waals surface area contributed by atoms with Crippen molar-refractivity contribution in [2.75, 3.05) is 5.32 Å². The maximum Gasteiger partial charge on any atom is 0.274 e. The normalized spacial score (nSPS) is 10.2. The van der Waals surface area contributed by atoms with E-state index in [1.54, 1.807) is 42.7 Å². The van der Waals surface area contributed by atoms with Gasteiger partial charge in [-0.15, -0.1) is 0 Å². The second-order valence-electron chi connectivity index (χ2n) is 6.06. The van der Waals surface area contributed by atoms with Gasteiger partial charge in [-0.1, -0.05) is 0 Å². The number of hydrogen-bond acceptors (Lipinski definition) is 5. The van der Waals surface area contributed by atoms with Gasteiger partial charge in [0.1, 0.15) is 5.69 Å². The molecule has 0 atom stereocenters. The molecule has 0 saturated heterocycles. The Balaban J connectivity index is 1.65. The zero-order valence-electron chi connectivity index (χ0n) is 15.2. The van der Waals surface area contributed by atoms with Crippen molar-refractivity contribution in [3.8, 4) is 0 Å². The third kappa shape index (κ3) is 4.85. The zero-order chi connectivity index (χ0) is 19.9. The highest BCUT2D eigenvalue weighted by molar-refractivity contribution is 6.05. The predicted molar refractivity (Wildman–Crippen MR) is 104 cm³/mol. The van der Waals surface area contributed by atoms with Gasteiger partial charge in [0.15, 0.2) is 5.78 Å². The first-order chi connectivity index (χ1) is 13.5. The van der Waals surface area contributed by atoms with E-state index in [9.17, 15) is 14.4 Å². The van der Waals surface area contributed by atoms with Crippen molar-refractivity contribution in [3.05, 3.63) is 89.5 Å². The topological polar surface area (TPSA) is 101 Å². The van der Waals surface area contributed by atoms with Gasteiger partial charge >= 0.3 is 0 Å². The van der Waals surface area contributed by atoms with E-state index in [4.69, 9.17) is 0 Å². The number of aromatic nitrogens is 2. The predicted octanol–water partition coefficient (Wildman–Crippen LogP) is 2.86. The lowest BCUT2D eigenvalue weighted by Crippen LogP contribution is -2.23. The number of carbonyl (C=O) groups excluding carboxylic acids is 3. The average Bonchev–Trinajstić information content (AvgIpc) is 2.73. The molecule has 0 spiro atoms. The number of rotatable bonds is 6. The first-order valence-electron chi connectivity index (χ1n) is 8.58. The number of nitrogens with one attached hydrogen (secondary N) is 2. The number of carbonyl (C=O) groups is 3. The van der Waals surface area contributed by atoms with Gasteiger partial charge in [0.25, 0.3) is 11.8 Å². The number of ketones is 1. The maximum absolute atomic E-state index is 12.4. The third-order valence-corrected chi connectivity index (χ3v) is 4.01. The highest BCUT2D eigenvalue weighted by Gasteiger charge is 2.12. The molecule has 0 unspecified atom stereocenters. The summed E-state index contributed by atoms with van der Waals surface area (Å²) in [4.78, 5) is 44.0. The van der Waals surface area contributed by atoms with Crippen molar-refractivity contribution in [3.63, 3.8) is 0 Å². The number of benzene rings is 1. The lowest BCUT2D eigenvalue weighted by molar-refractivity contribution is 0.0949. The van der Waals surface area contributed by atoms with E-state index in [0.29, 0.717) is 23.4 Å². The van der Waals surface area contributed by atoms with Crippen LogP contribution in [0.3, 0.4) is 0 Å². The van der Waals surface area contributed by atoms with E-state index >= 15 is 0 Å². The van der Waals surface area contributed by atoms with Gasteiger partial charge in [-0.25, -0.2) is 0 Å². The standard InChI is InChI=1S/C21H18N4O3/c1-14(26)16-2-4-18(5-3-16)25-21(28)19-12-17(8-11-23-19)20(27)24-13-15-6-9-22-10-7-15/h2-12H,13H2,1H3,(H,24,27)(H,25,28). The number of amides is 2. The fourth-order valence-corrected chi connectivity index (χ4v) is 2.46. The Morgan fingerprint density at radius 1 is 0.857 bits per heavy atom. The summed E-state index contributed by atoms with van der Waals surface area (Å²) in [5, 5.41) is 5.49. The smallest absolute Gasteiger partial charge is 0.274 e. The van der Waals surface area contributed by atoms with Gasteiger partial charge in [-0.3, -0.25) is 24.4 Å². The van der Waals surface area contributed by atoms with Crippen molar-refractivity contribution < 1.29 is 14.4 Å². The molecule has 140 valence electrons. The van der Waals surface area contributed by atoms with E-state index in [0.717, 1.165) is 5.56 Å². The Labute approximate surface area is 161 Å². The molecule has 7 nitrogen and oxygen atoms in total. The van der Waals surface area contributed by atoms with Crippen LogP contribution in [0.2, 0.25) is 0 Å². The molecular weight excluding hydrogens is 356 g/mol. The van der Waals surface area contributed by atoms with Crippen LogP contribution in [0.1, 0.15) is 43.7 Å². The van der Waals surface area contributed by atoms with Gasteiger partial charge in [-0.05, 0) is 61.0 Å². The SMILES string of the molecule is CC(=O)c1ccc(NC(=O)c2cc(C(=O)NCc3ccncc3)ccn2)cc1. The average molecular weight is 374 g/mol. The minimum Gasteiger partial charge on any atom is -0.348 e. The molecule has 2 amide bonds. The first kappa shape index (κ1) is 18.9. The van der Waals surface area contributed by atoms with Crippen molar-refractivity contribution in [2.45, 2.75) is 13.5 Å². The lowest BCUT2D eigenvalue weighted by atomic mass is 10.1. The van der Waals surface area contributed by atoms with Gasteiger partial charge in [0, 0.05) is 41.9 Å². The molecule has 2 heterocycles. The van der Waals surface area contributed by atoms with Gasteiger partial charge in [0.2, 0.25) is 0 Å². The molecule has 28 heavy (non-hydrogen) atoms. The molecule has 0 aliphatic heterocycles. The van der Waals surface area contributed by atoms with Crippen molar-refractivity contribution in [2.24, 2.45) is 0 Å². The fraction of sp³-hybridized carbons (Fsp3) is 0.0952. The summed E-state index contributed by atoms with van der Waals surface area (Å²) < 4.78 is 0. The van der Waals surface area contributed by atoms with Gasteiger partial charge in [0.05, 0.1) is 0 Å². The van der Waals surface area contributed by atoms with Crippen LogP contribution in [0.25, 0.3) is 0 Å². The Morgan fingerprint density at radius 2 is 1.57 bits per heavy atom. The molecule has 3 aromatic rings. The summed E-state index contributed by atoms with van der Waals surface area (Å²) in [6.07, 6.45) is 4.72. The number of Topliss-reactive ketones (excluding diaryl/α,β-unsaturated/α-hetero) is 1. The molecule has 0 aliphatic rings. The second kappa shape index (κ2) is 8.68. The molecule has 0 aliphatic carbocycles. The van der Waals surface area contributed by atoms with Gasteiger partial charge in [-0.2, -0.15) is 0 Å². The summed E-state index contributed by atoms with van der Waals surface area (Å²) >= 11 is 0. The Bertz CT molecular complexity index is 1000. The molecule has 3 rings (SSSR count). The minimum atomic E-state index is -0.445.